The number of nitrogens with zero attached hydrogens (tertiary/aromatic N) is 3. The minimum atomic E-state index is -0.0963. The van der Waals surface area contributed by atoms with Crippen molar-refractivity contribution in [2.75, 3.05) is 24.6 Å². The predicted octanol–water partition coefficient (Wildman–Crippen LogP) is 4.38. The number of fused-ring (bicyclic) bond motifs is 1. The van der Waals surface area contributed by atoms with E-state index < -0.39 is 0 Å². The highest BCUT2D eigenvalue weighted by Crippen LogP contribution is 2.23. The van der Waals surface area contributed by atoms with E-state index in [0.717, 1.165) is 27.9 Å². The highest BCUT2D eigenvalue weighted by atomic mass is 16.5. The third-order valence-corrected chi connectivity index (χ3v) is 6.89. The average Bonchev–Trinajstić information content (AvgIpc) is 2.95. The van der Waals surface area contributed by atoms with E-state index in [1.54, 1.807) is 0 Å². The second kappa shape index (κ2) is 11.3. The number of amides is 1. The van der Waals surface area contributed by atoms with Crippen molar-refractivity contribution >= 4 is 22.8 Å². The first kappa shape index (κ1) is 24.6. The quantitative estimate of drug-likeness (QED) is 0.392. The van der Waals surface area contributed by atoms with E-state index in [2.05, 4.69) is 5.32 Å². The first-order valence-electron chi connectivity index (χ1n) is 12.9. The third kappa shape index (κ3) is 5.66. The molecule has 2 heterocycles. The van der Waals surface area contributed by atoms with E-state index in [1.165, 1.54) is 0 Å². The summed E-state index contributed by atoms with van der Waals surface area (Å²) in [4.78, 5) is 33.2. The number of hydrogen-bond acceptors (Lipinski definition) is 5. The summed E-state index contributed by atoms with van der Waals surface area (Å²) in [5.41, 5.74) is 3.62. The van der Waals surface area contributed by atoms with E-state index in [4.69, 9.17) is 9.72 Å². The van der Waals surface area contributed by atoms with Crippen LogP contribution < -0.4 is 20.5 Å². The van der Waals surface area contributed by atoms with Gasteiger partial charge < -0.3 is 15.0 Å². The van der Waals surface area contributed by atoms with E-state index in [-0.39, 0.29) is 17.4 Å². The Hall–Kier alpha value is -4.13. The number of nitrogens with one attached hydrogen (secondary N) is 1. The molecule has 0 atom stereocenters. The molecule has 190 valence electrons. The first-order valence-corrected chi connectivity index (χ1v) is 12.9. The van der Waals surface area contributed by atoms with Crippen molar-refractivity contribution in [3.8, 4) is 5.75 Å². The maximum atomic E-state index is 13.6. The Bertz CT molecular complexity index is 1410. The van der Waals surface area contributed by atoms with Gasteiger partial charge in [-0.15, -0.1) is 0 Å². The fraction of sp³-hybridized carbons (Fsp3) is 0.300. The summed E-state index contributed by atoms with van der Waals surface area (Å²) < 4.78 is 7.28. The molecular weight excluding hydrogens is 464 g/mol. The van der Waals surface area contributed by atoms with Gasteiger partial charge in [0.1, 0.15) is 5.75 Å². The lowest BCUT2D eigenvalue weighted by Gasteiger charge is -2.32. The van der Waals surface area contributed by atoms with E-state index in [1.807, 2.05) is 95.3 Å². The maximum absolute atomic E-state index is 13.6. The summed E-state index contributed by atoms with van der Waals surface area (Å²) in [5, 5.41) is 3.07. The third-order valence-electron chi connectivity index (χ3n) is 6.89. The van der Waals surface area contributed by atoms with Gasteiger partial charge in [0.05, 0.1) is 24.2 Å². The molecule has 1 aromatic heterocycles. The number of carbonyl (C=O) groups is 1. The Morgan fingerprint density at radius 2 is 1.65 bits per heavy atom. The summed E-state index contributed by atoms with van der Waals surface area (Å²) in [6, 6.07) is 25.5. The van der Waals surface area contributed by atoms with Crippen LogP contribution >= 0.6 is 0 Å². The van der Waals surface area contributed by atoms with Crippen LogP contribution in [0.25, 0.3) is 11.0 Å². The normalized spacial score (nSPS) is 14.0. The summed E-state index contributed by atoms with van der Waals surface area (Å²) in [6.07, 6.45) is 1.36. The van der Waals surface area contributed by atoms with Crippen LogP contribution in [-0.4, -0.2) is 35.2 Å². The van der Waals surface area contributed by atoms with Gasteiger partial charge in [0.2, 0.25) is 5.91 Å². The number of aromatic nitrogens is 2. The monoisotopic (exact) mass is 496 g/mol. The molecule has 5 rings (SSSR count). The lowest BCUT2D eigenvalue weighted by atomic mass is 9.96. The molecule has 1 N–H and O–H groups in total. The minimum Gasteiger partial charge on any atom is -0.494 e. The van der Waals surface area contributed by atoms with Crippen LogP contribution in [0.2, 0.25) is 0 Å². The molecule has 0 unspecified atom stereocenters. The van der Waals surface area contributed by atoms with Crippen LogP contribution in [0, 0.1) is 5.92 Å². The van der Waals surface area contributed by atoms with Crippen molar-refractivity contribution in [1.29, 1.82) is 0 Å². The van der Waals surface area contributed by atoms with Crippen molar-refractivity contribution in [2.24, 2.45) is 5.92 Å². The molecule has 0 spiro atoms. The Morgan fingerprint density at radius 3 is 2.38 bits per heavy atom. The molecular formula is C30H32N4O3. The molecule has 1 amide bonds. The van der Waals surface area contributed by atoms with E-state index in [9.17, 15) is 9.59 Å². The molecule has 0 saturated carbocycles. The summed E-state index contributed by atoms with van der Waals surface area (Å²) in [7, 11) is 0. The molecule has 1 fully saturated rings. The van der Waals surface area contributed by atoms with Gasteiger partial charge in [-0.05, 0) is 55.2 Å². The van der Waals surface area contributed by atoms with E-state index in [0.29, 0.717) is 51.4 Å². The number of carbonyl (C=O) groups excluding carboxylic acids is 1. The van der Waals surface area contributed by atoms with Crippen LogP contribution in [0.15, 0.2) is 83.7 Å². The number of para-hydroxylation sites is 2. The molecule has 3 aromatic carbocycles. The number of piperidine rings is 1. The van der Waals surface area contributed by atoms with E-state index >= 15 is 0 Å². The molecule has 4 aromatic rings. The lowest BCUT2D eigenvalue weighted by Crippen LogP contribution is -2.43. The van der Waals surface area contributed by atoms with Crippen molar-refractivity contribution in [2.45, 2.75) is 32.9 Å². The van der Waals surface area contributed by atoms with Gasteiger partial charge in [-0.1, -0.05) is 54.6 Å². The summed E-state index contributed by atoms with van der Waals surface area (Å²) in [6.45, 7) is 4.79. The highest BCUT2D eigenvalue weighted by Gasteiger charge is 2.27. The Morgan fingerprint density at radius 1 is 0.946 bits per heavy atom. The van der Waals surface area contributed by atoms with Gasteiger partial charge in [0.15, 0.2) is 5.82 Å². The zero-order valence-electron chi connectivity index (χ0n) is 21.1. The molecule has 1 aliphatic heterocycles. The van der Waals surface area contributed by atoms with Gasteiger partial charge in [0.25, 0.3) is 5.56 Å². The van der Waals surface area contributed by atoms with Crippen molar-refractivity contribution in [1.82, 2.24) is 14.9 Å². The Balaban J connectivity index is 1.26. The molecule has 1 saturated heterocycles. The van der Waals surface area contributed by atoms with Gasteiger partial charge in [-0.25, -0.2) is 4.98 Å². The Labute approximate surface area is 216 Å². The first-order chi connectivity index (χ1) is 18.1. The number of ether oxygens (including phenoxy) is 1. The number of anilines is 1. The molecule has 0 bridgehead atoms. The van der Waals surface area contributed by atoms with Gasteiger partial charge in [-0.2, -0.15) is 0 Å². The van der Waals surface area contributed by atoms with Crippen LogP contribution in [-0.2, 0) is 17.9 Å². The predicted molar refractivity (Wildman–Crippen MR) is 146 cm³/mol. The largest absolute Gasteiger partial charge is 0.494 e. The maximum Gasteiger partial charge on any atom is 0.294 e. The van der Waals surface area contributed by atoms with Crippen LogP contribution in [0.3, 0.4) is 0 Å². The Kier molecular flexibility index (Phi) is 7.49. The number of hydrogen-bond donors (Lipinski definition) is 1. The number of rotatable bonds is 8. The molecule has 7 nitrogen and oxygen atoms in total. The molecule has 7 heteroatoms. The fourth-order valence-corrected chi connectivity index (χ4v) is 4.87. The fourth-order valence-electron chi connectivity index (χ4n) is 4.87. The molecule has 37 heavy (non-hydrogen) atoms. The SMILES string of the molecule is CCOc1ccc(CNC(=O)C2CCN(c3nc4ccccc4n(Cc4ccccc4)c3=O)CC2)cc1. The summed E-state index contributed by atoms with van der Waals surface area (Å²) in [5.74, 6) is 1.27. The topological polar surface area (TPSA) is 76.5 Å². The van der Waals surface area contributed by atoms with Gasteiger partial charge in [0, 0.05) is 25.6 Å². The molecule has 0 aliphatic carbocycles. The zero-order valence-corrected chi connectivity index (χ0v) is 21.1. The second-order valence-corrected chi connectivity index (χ2v) is 9.36. The average molecular weight is 497 g/mol. The second-order valence-electron chi connectivity index (χ2n) is 9.36. The van der Waals surface area contributed by atoms with Crippen molar-refractivity contribution in [3.05, 3.63) is 100 Å². The van der Waals surface area contributed by atoms with Crippen molar-refractivity contribution in [3.63, 3.8) is 0 Å². The van der Waals surface area contributed by atoms with Crippen LogP contribution in [0.1, 0.15) is 30.9 Å². The number of benzene rings is 3. The minimum absolute atomic E-state index is 0.0569. The zero-order chi connectivity index (χ0) is 25.6. The van der Waals surface area contributed by atoms with Crippen LogP contribution in [0.4, 0.5) is 5.82 Å². The molecule has 1 aliphatic rings. The van der Waals surface area contributed by atoms with Crippen LogP contribution in [0.5, 0.6) is 5.75 Å². The highest BCUT2D eigenvalue weighted by molar-refractivity contribution is 5.79. The lowest BCUT2D eigenvalue weighted by molar-refractivity contribution is -0.125. The summed E-state index contributed by atoms with van der Waals surface area (Å²) >= 11 is 0. The van der Waals surface area contributed by atoms with Crippen molar-refractivity contribution < 1.29 is 9.53 Å². The van der Waals surface area contributed by atoms with Gasteiger partial charge >= 0.3 is 0 Å². The molecule has 0 radical (unpaired) electrons. The van der Waals surface area contributed by atoms with Gasteiger partial charge in [-0.3, -0.25) is 14.2 Å². The standard InChI is InChI=1S/C30H32N4O3/c1-2-37-25-14-12-22(13-15-25)20-31-29(35)24-16-18-33(19-17-24)28-30(36)34(21-23-8-4-3-5-9-23)27-11-7-6-10-26(27)32-28/h3-15,24H,2,16-21H2,1H3,(H,31,35). The smallest absolute Gasteiger partial charge is 0.294 e.